The Morgan fingerprint density at radius 1 is 1.24 bits per heavy atom. The summed E-state index contributed by atoms with van der Waals surface area (Å²) in [6.07, 6.45) is 0. The maximum absolute atomic E-state index is 11.6. The highest BCUT2D eigenvalue weighted by Crippen LogP contribution is 1.97. The number of nitrogens with zero attached hydrogens (tertiary/aromatic N) is 1. The quantitative estimate of drug-likeness (QED) is 0.592. The molecule has 1 aromatic carbocycles. The van der Waals surface area contributed by atoms with Crippen molar-refractivity contribution in [3.05, 3.63) is 35.9 Å². The predicted molar refractivity (Wildman–Crippen MR) is 60.2 cm³/mol. The number of carbonyl (C=O) groups excluding carboxylic acids is 1. The van der Waals surface area contributed by atoms with E-state index in [4.69, 9.17) is 10.2 Å². The van der Waals surface area contributed by atoms with Crippen LogP contribution in [0.3, 0.4) is 0 Å². The first-order chi connectivity index (χ1) is 8.13. The number of carbonyl (C=O) groups is 2. The van der Waals surface area contributed by atoms with Crippen LogP contribution in [0.25, 0.3) is 0 Å². The average molecular weight is 238 g/mol. The van der Waals surface area contributed by atoms with Gasteiger partial charge < -0.3 is 15.5 Å². The molecule has 0 aliphatic heterocycles. The molecule has 1 aromatic rings. The van der Waals surface area contributed by atoms with Gasteiger partial charge in [0, 0.05) is 5.56 Å². The molecular formula is C11H14N2O4. The van der Waals surface area contributed by atoms with Crippen LogP contribution in [0.4, 0.5) is 0 Å². The van der Waals surface area contributed by atoms with Gasteiger partial charge in [0.15, 0.2) is 0 Å². The minimum absolute atomic E-state index is 0.0173. The van der Waals surface area contributed by atoms with Crippen LogP contribution in [0.15, 0.2) is 30.3 Å². The Balaban J connectivity index is 2.44. The fourth-order valence-corrected chi connectivity index (χ4v) is 1.22. The Kier molecular flexibility index (Phi) is 5.12. The van der Waals surface area contributed by atoms with Crippen LogP contribution in [0, 0.1) is 0 Å². The van der Waals surface area contributed by atoms with Gasteiger partial charge in [-0.3, -0.25) is 14.5 Å². The number of aliphatic hydroxyl groups excluding tert-OH is 1. The van der Waals surface area contributed by atoms with E-state index in [2.05, 4.69) is 5.32 Å². The van der Waals surface area contributed by atoms with Crippen molar-refractivity contribution in [2.75, 3.05) is 19.9 Å². The van der Waals surface area contributed by atoms with Gasteiger partial charge in [-0.2, -0.15) is 0 Å². The molecule has 0 aromatic heterocycles. The van der Waals surface area contributed by atoms with Gasteiger partial charge in [0.2, 0.25) is 0 Å². The molecule has 0 aliphatic rings. The molecule has 0 saturated heterocycles. The highest BCUT2D eigenvalue weighted by Gasteiger charge is 2.10. The number of carboxylic acid groups (broad SMARTS) is 1. The van der Waals surface area contributed by atoms with Crippen LogP contribution in [0.5, 0.6) is 0 Å². The Morgan fingerprint density at radius 2 is 1.88 bits per heavy atom. The van der Waals surface area contributed by atoms with Crippen LogP contribution in [0.1, 0.15) is 10.4 Å². The van der Waals surface area contributed by atoms with Crippen molar-refractivity contribution < 1.29 is 19.8 Å². The smallest absolute Gasteiger partial charge is 0.317 e. The minimum atomic E-state index is -1.06. The van der Waals surface area contributed by atoms with E-state index in [1.165, 1.54) is 4.90 Å². The number of benzene rings is 1. The number of hydrogen-bond acceptors (Lipinski definition) is 4. The summed E-state index contributed by atoms with van der Waals surface area (Å²) < 4.78 is 0. The van der Waals surface area contributed by atoms with Crippen molar-refractivity contribution in [1.82, 2.24) is 10.2 Å². The van der Waals surface area contributed by atoms with Crippen molar-refractivity contribution in [3.63, 3.8) is 0 Å². The first kappa shape index (κ1) is 13.1. The summed E-state index contributed by atoms with van der Waals surface area (Å²) in [5.74, 6) is -1.37. The van der Waals surface area contributed by atoms with Crippen LogP contribution >= 0.6 is 0 Å². The summed E-state index contributed by atoms with van der Waals surface area (Å²) in [4.78, 5) is 23.2. The molecule has 1 rings (SSSR count). The highest BCUT2D eigenvalue weighted by atomic mass is 16.4. The second kappa shape index (κ2) is 6.62. The normalized spacial score (nSPS) is 10.2. The molecule has 0 unspecified atom stereocenters. The monoisotopic (exact) mass is 238 g/mol. The first-order valence-corrected chi connectivity index (χ1v) is 5.01. The van der Waals surface area contributed by atoms with E-state index in [0.717, 1.165) is 0 Å². The molecule has 6 heteroatoms. The van der Waals surface area contributed by atoms with E-state index in [1.807, 2.05) is 0 Å². The van der Waals surface area contributed by atoms with Gasteiger partial charge in [0.05, 0.1) is 13.4 Å². The number of hydrogen-bond donors (Lipinski definition) is 3. The van der Waals surface area contributed by atoms with Crippen LogP contribution in [-0.2, 0) is 4.79 Å². The Bertz CT molecular complexity index is 380. The fraction of sp³-hybridized carbons (Fsp3) is 0.273. The van der Waals surface area contributed by atoms with Gasteiger partial charge in [0.25, 0.3) is 5.91 Å². The molecule has 0 bridgehead atoms. The van der Waals surface area contributed by atoms with Gasteiger partial charge in [-0.15, -0.1) is 0 Å². The average Bonchev–Trinajstić information content (AvgIpc) is 2.34. The van der Waals surface area contributed by atoms with Crippen molar-refractivity contribution >= 4 is 11.9 Å². The second-order valence-electron chi connectivity index (χ2n) is 3.39. The van der Waals surface area contributed by atoms with Gasteiger partial charge in [-0.25, -0.2) is 0 Å². The summed E-state index contributed by atoms with van der Waals surface area (Å²) in [6, 6.07) is 8.55. The number of aliphatic hydroxyl groups is 1. The molecule has 3 N–H and O–H groups in total. The first-order valence-electron chi connectivity index (χ1n) is 5.01. The lowest BCUT2D eigenvalue weighted by atomic mass is 10.2. The molecule has 0 aliphatic carbocycles. The van der Waals surface area contributed by atoms with Gasteiger partial charge in [0.1, 0.15) is 6.54 Å². The van der Waals surface area contributed by atoms with E-state index >= 15 is 0 Å². The minimum Gasteiger partial charge on any atom is -0.480 e. The molecule has 0 radical (unpaired) electrons. The van der Waals surface area contributed by atoms with Crippen molar-refractivity contribution in [1.29, 1.82) is 0 Å². The third-order valence-electron chi connectivity index (χ3n) is 2.06. The Morgan fingerprint density at radius 3 is 2.41 bits per heavy atom. The summed E-state index contributed by atoms with van der Waals surface area (Å²) in [5.41, 5.74) is 0.487. The molecule has 92 valence electrons. The standard InChI is InChI=1S/C11H14N2O4/c14-8-13(6-10(15)16)7-12-11(17)9-4-2-1-3-5-9/h1-5,14H,6-8H2,(H,12,17)(H,15,16). The molecule has 0 spiro atoms. The zero-order valence-electron chi connectivity index (χ0n) is 9.17. The second-order valence-corrected chi connectivity index (χ2v) is 3.39. The number of amides is 1. The summed E-state index contributed by atoms with van der Waals surface area (Å²) in [5, 5.41) is 19.9. The lowest BCUT2D eigenvalue weighted by Gasteiger charge is -2.17. The lowest BCUT2D eigenvalue weighted by Crippen LogP contribution is -2.40. The summed E-state index contributed by atoms with van der Waals surface area (Å²) in [6.45, 7) is -0.774. The molecule has 6 nitrogen and oxygen atoms in total. The number of rotatable bonds is 6. The van der Waals surface area contributed by atoms with Crippen LogP contribution in [-0.4, -0.2) is 46.9 Å². The van der Waals surface area contributed by atoms with E-state index in [9.17, 15) is 9.59 Å². The lowest BCUT2D eigenvalue weighted by molar-refractivity contribution is -0.139. The zero-order valence-corrected chi connectivity index (χ0v) is 9.17. The molecule has 0 saturated carbocycles. The molecule has 0 fully saturated rings. The Labute approximate surface area is 98.5 Å². The largest absolute Gasteiger partial charge is 0.480 e. The number of nitrogens with one attached hydrogen (secondary N) is 1. The van der Waals surface area contributed by atoms with Crippen LogP contribution in [0.2, 0.25) is 0 Å². The van der Waals surface area contributed by atoms with E-state index in [-0.39, 0.29) is 19.1 Å². The summed E-state index contributed by atoms with van der Waals surface area (Å²) in [7, 11) is 0. The van der Waals surface area contributed by atoms with Crippen molar-refractivity contribution in [2.24, 2.45) is 0 Å². The third kappa shape index (κ3) is 4.62. The van der Waals surface area contributed by atoms with E-state index in [1.54, 1.807) is 30.3 Å². The predicted octanol–water partition coefficient (Wildman–Crippen LogP) is -0.290. The zero-order chi connectivity index (χ0) is 12.7. The van der Waals surface area contributed by atoms with E-state index < -0.39 is 12.7 Å². The molecular weight excluding hydrogens is 224 g/mol. The molecule has 17 heavy (non-hydrogen) atoms. The number of carboxylic acids is 1. The fourth-order valence-electron chi connectivity index (χ4n) is 1.22. The maximum atomic E-state index is 11.6. The van der Waals surface area contributed by atoms with Gasteiger partial charge in [-0.05, 0) is 12.1 Å². The Hall–Kier alpha value is -1.92. The summed E-state index contributed by atoms with van der Waals surface area (Å²) >= 11 is 0. The van der Waals surface area contributed by atoms with Gasteiger partial charge >= 0.3 is 5.97 Å². The van der Waals surface area contributed by atoms with Gasteiger partial charge in [-0.1, -0.05) is 18.2 Å². The van der Waals surface area contributed by atoms with Crippen molar-refractivity contribution in [2.45, 2.75) is 0 Å². The van der Waals surface area contributed by atoms with Crippen LogP contribution < -0.4 is 5.32 Å². The highest BCUT2D eigenvalue weighted by molar-refractivity contribution is 5.94. The number of aliphatic carboxylic acids is 1. The molecule has 1 amide bonds. The van der Waals surface area contributed by atoms with E-state index in [0.29, 0.717) is 5.56 Å². The molecule has 0 heterocycles. The SMILES string of the molecule is O=C(O)CN(CO)CNC(=O)c1ccccc1. The topological polar surface area (TPSA) is 89.9 Å². The maximum Gasteiger partial charge on any atom is 0.317 e. The third-order valence-corrected chi connectivity index (χ3v) is 2.06. The van der Waals surface area contributed by atoms with Crippen molar-refractivity contribution in [3.8, 4) is 0 Å². The molecule has 0 atom stereocenters.